The van der Waals surface area contributed by atoms with Crippen LogP contribution in [0.5, 0.6) is 0 Å². The zero-order valence-electron chi connectivity index (χ0n) is 11.0. The zero-order valence-corrected chi connectivity index (χ0v) is 12.5. The van der Waals surface area contributed by atoms with Crippen molar-refractivity contribution in [3.63, 3.8) is 0 Å². The number of ketones is 1. The molecule has 0 saturated heterocycles. The van der Waals surface area contributed by atoms with E-state index < -0.39 is 0 Å². The second-order valence-electron chi connectivity index (χ2n) is 5.58. The molecule has 0 spiro atoms. The molecule has 0 atom stereocenters. The van der Waals surface area contributed by atoms with Crippen molar-refractivity contribution < 1.29 is 4.79 Å². The van der Waals surface area contributed by atoms with Crippen LogP contribution in [0.4, 0.5) is 5.69 Å². The fourth-order valence-electron chi connectivity index (χ4n) is 2.32. The van der Waals surface area contributed by atoms with Gasteiger partial charge < -0.3 is 5.32 Å². The van der Waals surface area contributed by atoms with Crippen LogP contribution >= 0.6 is 15.9 Å². The van der Waals surface area contributed by atoms with Gasteiger partial charge >= 0.3 is 0 Å². The molecule has 0 saturated carbocycles. The standard InChI is InChI=1S/C15H15BrN2O/c1-15(2)7-12(6-13(19)8-15)18-14-4-3-11(16)5-10(14)9-17/h3-6,18H,7-8H2,1-2H3. The molecule has 1 aliphatic carbocycles. The van der Waals surface area contributed by atoms with Gasteiger partial charge in [-0.2, -0.15) is 5.26 Å². The lowest BCUT2D eigenvalue weighted by atomic mass is 9.79. The molecule has 0 aliphatic heterocycles. The normalized spacial score (nSPS) is 17.6. The van der Waals surface area contributed by atoms with E-state index in [1.54, 1.807) is 12.1 Å². The summed E-state index contributed by atoms with van der Waals surface area (Å²) in [5.41, 5.74) is 2.14. The van der Waals surface area contributed by atoms with E-state index in [1.165, 1.54) is 0 Å². The number of nitrogens with zero attached hydrogens (tertiary/aromatic N) is 1. The van der Waals surface area contributed by atoms with Crippen molar-refractivity contribution in [3.05, 3.63) is 40.0 Å². The summed E-state index contributed by atoms with van der Waals surface area (Å²) < 4.78 is 0.864. The highest BCUT2D eigenvalue weighted by molar-refractivity contribution is 9.10. The quantitative estimate of drug-likeness (QED) is 0.896. The summed E-state index contributed by atoms with van der Waals surface area (Å²) >= 11 is 3.34. The minimum Gasteiger partial charge on any atom is -0.358 e. The maximum atomic E-state index is 11.7. The molecule has 98 valence electrons. The molecule has 0 fully saturated rings. The molecule has 0 unspecified atom stereocenters. The first kappa shape index (κ1) is 13.8. The zero-order chi connectivity index (χ0) is 14.0. The Bertz CT molecular complexity index is 597. The SMILES string of the molecule is CC1(C)CC(=O)C=C(Nc2ccc(Br)cc2C#N)C1. The Labute approximate surface area is 121 Å². The molecule has 3 nitrogen and oxygen atoms in total. The van der Waals surface area contributed by atoms with E-state index in [9.17, 15) is 4.79 Å². The third-order valence-corrected chi connectivity index (χ3v) is 3.55. The van der Waals surface area contributed by atoms with Crippen molar-refractivity contribution in [2.24, 2.45) is 5.41 Å². The molecular formula is C15H15BrN2O. The highest BCUT2D eigenvalue weighted by atomic mass is 79.9. The first-order valence-corrected chi connectivity index (χ1v) is 6.89. The summed E-state index contributed by atoms with van der Waals surface area (Å²) in [6.07, 6.45) is 3.03. The smallest absolute Gasteiger partial charge is 0.157 e. The Balaban J connectivity index is 2.27. The largest absolute Gasteiger partial charge is 0.358 e. The van der Waals surface area contributed by atoms with Gasteiger partial charge in [-0.25, -0.2) is 0 Å². The first-order valence-electron chi connectivity index (χ1n) is 6.10. The van der Waals surface area contributed by atoms with Crippen molar-refractivity contribution in [1.82, 2.24) is 0 Å². The Morgan fingerprint density at radius 1 is 1.37 bits per heavy atom. The van der Waals surface area contributed by atoms with Gasteiger partial charge in [0.15, 0.2) is 5.78 Å². The van der Waals surface area contributed by atoms with E-state index in [-0.39, 0.29) is 11.2 Å². The van der Waals surface area contributed by atoms with E-state index >= 15 is 0 Å². The van der Waals surface area contributed by atoms with Crippen LogP contribution in [-0.4, -0.2) is 5.78 Å². The maximum absolute atomic E-state index is 11.7. The fraction of sp³-hybridized carbons (Fsp3) is 0.333. The third kappa shape index (κ3) is 3.45. The molecule has 0 radical (unpaired) electrons. The van der Waals surface area contributed by atoms with Gasteiger partial charge in [0, 0.05) is 22.7 Å². The Morgan fingerprint density at radius 3 is 2.74 bits per heavy atom. The summed E-state index contributed by atoms with van der Waals surface area (Å²) in [6.45, 7) is 4.15. The van der Waals surface area contributed by atoms with Gasteiger partial charge in [0.05, 0.1) is 11.3 Å². The number of carbonyl (C=O) groups excluding carboxylic acids is 1. The van der Waals surface area contributed by atoms with Gasteiger partial charge in [0.2, 0.25) is 0 Å². The molecule has 0 amide bonds. The first-order chi connectivity index (χ1) is 8.89. The van der Waals surface area contributed by atoms with Crippen LogP contribution in [0.25, 0.3) is 0 Å². The second-order valence-corrected chi connectivity index (χ2v) is 6.50. The van der Waals surface area contributed by atoms with E-state index in [4.69, 9.17) is 5.26 Å². The lowest BCUT2D eigenvalue weighted by Crippen LogP contribution is -2.24. The average molecular weight is 319 g/mol. The lowest BCUT2D eigenvalue weighted by molar-refractivity contribution is -0.117. The molecule has 1 aliphatic rings. The van der Waals surface area contributed by atoms with E-state index in [0.29, 0.717) is 12.0 Å². The number of carbonyl (C=O) groups is 1. The molecule has 0 aromatic heterocycles. The molecule has 1 aromatic carbocycles. The van der Waals surface area contributed by atoms with Crippen LogP contribution in [0.3, 0.4) is 0 Å². The topological polar surface area (TPSA) is 52.9 Å². The highest BCUT2D eigenvalue weighted by Crippen LogP contribution is 2.34. The number of rotatable bonds is 2. The third-order valence-electron chi connectivity index (χ3n) is 3.05. The summed E-state index contributed by atoms with van der Waals surface area (Å²) in [5, 5.41) is 12.3. The lowest BCUT2D eigenvalue weighted by Gasteiger charge is -2.29. The molecule has 1 aromatic rings. The number of anilines is 1. The van der Waals surface area contributed by atoms with Gasteiger partial charge in [-0.05, 0) is 30.0 Å². The van der Waals surface area contributed by atoms with Gasteiger partial charge in [-0.1, -0.05) is 29.8 Å². The monoisotopic (exact) mass is 318 g/mol. The summed E-state index contributed by atoms with van der Waals surface area (Å²) in [5.74, 6) is 0.134. The van der Waals surface area contributed by atoms with Crippen LogP contribution in [0.2, 0.25) is 0 Å². The molecule has 0 bridgehead atoms. The van der Waals surface area contributed by atoms with E-state index in [0.717, 1.165) is 22.3 Å². The average Bonchev–Trinajstić information content (AvgIpc) is 2.28. The van der Waals surface area contributed by atoms with Gasteiger partial charge in [0.1, 0.15) is 6.07 Å². The van der Waals surface area contributed by atoms with Gasteiger partial charge in [-0.15, -0.1) is 0 Å². The van der Waals surface area contributed by atoms with Crippen LogP contribution in [0, 0.1) is 16.7 Å². The predicted octanol–water partition coefficient (Wildman–Crippen LogP) is 4.01. The highest BCUT2D eigenvalue weighted by Gasteiger charge is 2.27. The van der Waals surface area contributed by atoms with Gasteiger partial charge in [-0.3, -0.25) is 4.79 Å². The predicted molar refractivity (Wildman–Crippen MR) is 78.6 cm³/mol. The van der Waals surface area contributed by atoms with Crippen LogP contribution in [0.15, 0.2) is 34.4 Å². The van der Waals surface area contributed by atoms with Crippen molar-refractivity contribution in [3.8, 4) is 6.07 Å². The number of benzene rings is 1. The van der Waals surface area contributed by atoms with Crippen molar-refractivity contribution in [1.29, 1.82) is 5.26 Å². The number of allylic oxidation sites excluding steroid dienone is 2. The number of nitriles is 1. The number of nitrogens with one attached hydrogen (secondary N) is 1. The minimum absolute atomic E-state index is 0.0314. The maximum Gasteiger partial charge on any atom is 0.157 e. The molecular weight excluding hydrogens is 304 g/mol. The Kier molecular flexibility index (Phi) is 3.77. The van der Waals surface area contributed by atoms with Gasteiger partial charge in [0.25, 0.3) is 0 Å². The molecule has 0 heterocycles. The molecule has 2 rings (SSSR count). The van der Waals surface area contributed by atoms with Crippen molar-refractivity contribution >= 4 is 27.4 Å². The molecule has 19 heavy (non-hydrogen) atoms. The summed E-state index contributed by atoms with van der Waals surface area (Å²) in [7, 11) is 0. The van der Waals surface area contributed by atoms with Crippen LogP contribution < -0.4 is 5.32 Å². The van der Waals surface area contributed by atoms with Crippen LogP contribution in [0.1, 0.15) is 32.3 Å². The van der Waals surface area contributed by atoms with Crippen molar-refractivity contribution in [2.75, 3.05) is 5.32 Å². The minimum atomic E-state index is -0.0314. The van der Waals surface area contributed by atoms with E-state index in [1.807, 2.05) is 12.1 Å². The summed E-state index contributed by atoms with van der Waals surface area (Å²) in [4.78, 5) is 11.7. The fourth-order valence-corrected chi connectivity index (χ4v) is 2.68. The number of halogens is 1. The molecule has 1 N–H and O–H groups in total. The number of hydrogen-bond acceptors (Lipinski definition) is 3. The second kappa shape index (κ2) is 5.18. The number of hydrogen-bond donors (Lipinski definition) is 1. The van der Waals surface area contributed by atoms with Crippen molar-refractivity contribution in [2.45, 2.75) is 26.7 Å². The summed E-state index contributed by atoms with van der Waals surface area (Å²) in [6, 6.07) is 7.63. The van der Waals surface area contributed by atoms with E-state index in [2.05, 4.69) is 41.2 Å². The van der Waals surface area contributed by atoms with Crippen LogP contribution in [-0.2, 0) is 4.79 Å². The Hall–Kier alpha value is -1.60. The molecule has 4 heteroatoms. The Morgan fingerprint density at radius 2 is 2.11 bits per heavy atom.